The molecule has 2 rings (SSSR count). The molecule has 1 unspecified atom stereocenters. The van der Waals surface area contributed by atoms with Gasteiger partial charge < -0.3 is 10.6 Å². The number of nitrogens with one attached hydrogen (secondary N) is 2. The summed E-state index contributed by atoms with van der Waals surface area (Å²) in [7, 11) is 0. The van der Waals surface area contributed by atoms with Crippen LogP contribution < -0.4 is 10.6 Å². The zero-order valence-electron chi connectivity index (χ0n) is 12.7. The largest absolute Gasteiger partial charge is 0.370 e. The molecule has 0 saturated heterocycles. The van der Waals surface area contributed by atoms with Gasteiger partial charge in [0.15, 0.2) is 0 Å². The van der Waals surface area contributed by atoms with Crippen molar-refractivity contribution < 1.29 is 0 Å². The SMILES string of the molecule is CCNc1cc(NC(C)c2ccc(Br)cc2)nc(CC)n1. The van der Waals surface area contributed by atoms with E-state index in [1.54, 1.807) is 0 Å². The monoisotopic (exact) mass is 348 g/mol. The molecule has 112 valence electrons. The molecular weight excluding hydrogens is 328 g/mol. The lowest BCUT2D eigenvalue weighted by atomic mass is 10.1. The quantitative estimate of drug-likeness (QED) is 0.811. The maximum Gasteiger partial charge on any atom is 0.132 e. The first-order valence-electron chi connectivity index (χ1n) is 7.26. The molecule has 0 amide bonds. The second-order valence-corrected chi connectivity index (χ2v) is 5.77. The Morgan fingerprint density at radius 3 is 2.38 bits per heavy atom. The van der Waals surface area contributed by atoms with E-state index in [4.69, 9.17) is 0 Å². The first-order valence-corrected chi connectivity index (χ1v) is 8.05. The lowest BCUT2D eigenvalue weighted by molar-refractivity contribution is 0.856. The highest BCUT2D eigenvalue weighted by Crippen LogP contribution is 2.21. The van der Waals surface area contributed by atoms with E-state index in [0.717, 1.165) is 34.9 Å². The summed E-state index contributed by atoms with van der Waals surface area (Å²) in [4.78, 5) is 9.01. The van der Waals surface area contributed by atoms with E-state index in [0.29, 0.717) is 0 Å². The third-order valence-corrected chi connectivity index (χ3v) is 3.71. The van der Waals surface area contributed by atoms with Crippen molar-refractivity contribution in [2.24, 2.45) is 0 Å². The highest BCUT2D eigenvalue weighted by molar-refractivity contribution is 9.10. The van der Waals surface area contributed by atoms with E-state index in [2.05, 4.69) is 81.6 Å². The van der Waals surface area contributed by atoms with Crippen LogP contribution in [0.3, 0.4) is 0 Å². The Morgan fingerprint density at radius 2 is 1.76 bits per heavy atom. The Bertz CT molecular complexity index is 583. The third-order valence-electron chi connectivity index (χ3n) is 3.18. The van der Waals surface area contributed by atoms with Crippen LogP contribution in [-0.2, 0) is 6.42 Å². The van der Waals surface area contributed by atoms with Gasteiger partial charge in [-0.05, 0) is 31.5 Å². The number of halogens is 1. The smallest absolute Gasteiger partial charge is 0.132 e. The van der Waals surface area contributed by atoms with Crippen LogP contribution in [0.1, 0.15) is 38.2 Å². The van der Waals surface area contributed by atoms with Crippen LogP contribution in [0.4, 0.5) is 11.6 Å². The average molecular weight is 349 g/mol. The van der Waals surface area contributed by atoms with Gasteiger partial charge in [0.2, 0.25) is 0 Å². The molecule has 0 radical (unpaired) electrons. The predicted molar refractivity (Wildman–Crippen MR) is 91.8 cm³/mol. The van der Waals surface area contributed by atoms with Gasteiger partial charge >= 0.3 is 0 Å². The van der Waals surface area contributed by atoms with Crippen LogP contribution in [0.2, 0.25) is 0 Å². The van der Waals surface area contributed by atoms with Gasteiger partial charge in [-0.25, -0.2) is 9.97 Å². The molecule has 2 aromatic rings. The standard InChI is InChI=1S/C16H21BrN4/c1-4-14-20-15(18-5-2)10-16(21-14)19-11(3)12-6-8-13(17)9-7-12/h6-11H,4-5H2,1-3H3,(H2,18,19,20,21). The van der Waals surface area contributed by atoms with E-state index in [-0.39, 0.29) is 6.04 Å². The van der Waals surface area contributed by atoms with Crippen molar-refractivity contribution in [3.8, 4) is 0 Å². The molecule has 2 N–H and O–H groups in total. The summed E-state index contributed by atoms with van der Waals surface area (Å²) in [5, 5.41) is 6.69. The normalized spacial score (nSPS) is 12.0. The summed E-state index contributed by atoms with van der Waals surface area (Å²) in [6.07, 6.45) is 0.820. The maximum absolute atomic E-state index is 4.55. The molecule has 1 heterocycles. The fourth-order valence-electron chi connectivity index (χ4n) is 2.06. The maximum atomic E-state index is 4.55. The van der Waals surface area contributed by atoms with Crippen molar-refractivity contribution >= 4 is 27.6 Å². The molecule has 1 aromatic heterocycles. The molecule has 4 nitrogen and oxygen atoms in total. The molecule has 0 aliphatic heterocycles. The average Bonchev–Trinajstić information content (AvgIpc) is 2.48. The number of aromatic nitrogens is 2. The van der Waals surface area contributed by atoms with Crippen LogP contribution >= 0.6 is 15.9 Å². The van der Waals surface area contributed by atoms with Gasteiger partial charge in [0.05, 0.1) is 0 Å². The van der Waals surface area contributed by atoms with Crippen LogP contribution in [-0.4, -0.2) is 16.5 Å². The number of hydrogen-bond donors (Lipinski definition) is 2. The first kappa shape index (κ1) is 15.8. The molecule has 0 bridgehead atoms. The summed E-state index contributed by atoms with van der Waals surface area (Å²) in [5.41, 5.74) is 1.22. The topological polar surface area (TPSA) is 49.8 Å². The first-order chi connectivity index (χ1) is 10.1. The Hall–Kier alpha value is -1.62. The number of rotatable bonds is 6. The lowest BCUT2D eigenvalue weighted by Gasteiger charge is -2.16. The molecule has 0 saturated carbocycles. The lowest BCUT2D eigenvalue weighted by Crippen LogP contribution is -2.11. The van der Waals surface area contributed by atoms with Crippen molar-refractivity contribution in [1.29, 1.82) is 0 Å². The van der Waals surface area contributed by atoms with Crippen molar-refractivity contribution in [2.75, 3.05) is 17.2 Å². The Labute approximate surface area is 134 Å². The molecule has 0 aliphatic carbocycles. The van der Waals surface area contributed by atoms with Crippen LogP contribution in [0.5, 0.6) is 0 Å². The third kappa shape index (κ3) is 4.43. The summed E-state index contributed by atoms with van der Waals surface area (Å²) < 4.78 is 1.09. The molecule has 21 heavy (non-hydrogen) atoms. The summed E-state index contributed by atoms with van der Waals surface area (Å²) >= 11 is 3.46. The van der Waals surface area contributed by atoms with Gasteiger partial charge in [0, 0.05) is 29.5 Å². The zero-order valence-corrected chi connectivity index (χ0v) is 14.2. The molecular formula is C16H21BrN4. The summed E-state index contributed by atoms with van der Waals surface area (Å²) in [6.45, 7) is 7.10. The van der Waals surface area contributed by atoms with E-state index < -0.39 is 0 Å². The minimum atomic E-state index is 0.187. The Kier molecular flexibility index (Phi) is 5.56. The highest BCUT2D eigenvalue weighted by Gasteiger charge is 2.08. The van der Waals surface area contributed by atoms with Crippen LogP contribution in [0.15, 0.2) is 34.8 Å². The number of nitrogens with zero attached hydrogens (tertiary/aromatic N) is 2. The second-order valence-electron chi connectivity index (χ2n) is 4.86. The van der Waals surface area contributed by atoms with Gasteiger partial charge in [0.25, 0.3) is 0 Å². The summed E-state index contributed by atoms with van der Waals surface area (Å²) in [5.74, 6) is 2.57. The van der Waals surface area contributed by atoms with E-state index >= 15 is 0 Å². The molecule has 1 aromatic carbocycles. The number of anilines is 2. The Balaban J connectivity index is 2.17. The van der Waals surface area contributed by atoms with Crippen LogP contribution in [0.25, 0.3) is 0 Å². The molecule has 0 aliphatic rings. The number of aryl methyl sites for hydroxylation is 1. The van der Waals surface area contributed by atoms with Gasteiger partial charge in [-0.1, -0.05) is 35.0 Å². The van der Waals surface area contributed by atoms with Crippen molar-refractivity contribution in [2.45, 2.75) is 33.2 Å². The molecule has 0 spiro atoms. The minimum absolute atomic E-state index is 0.187. The molecule has 1 atom stereocenters. The van der Waals surface area contributed by atoms with Gasteiger partial charge in [-0.2, -0.15) is 0 Å². The second kappa shape index (κ2) is 7.41. The highest BCUT2D eigenvalue weighted by atomic mass is 79.9. The fraction of sp³-hybridized carbons (Fsp3) is 0.375. The zero-order chi connectivity index (χ0) is 15.2. The predicted octanol–water partition coefficient (Wildman–Crippen LogP) is 4.41. The van der Waals surface area contributed by atoms with Crippen molar-refractivity contribution in [3.63, 3.8) is 0 Å². The summed E-state index contributed by atoms with van der Waals surface area (Å²) in [6, 6.07) is 10.5. The minimum Gasteiger partial charge on any atom is -0.370 e. The molecule has 5 heteroatoms. The fourth-order valence-corrected chi connectivity index (χ4v) is 2.32. The van der Waals surface area contributed by atoms with Crippen molar-refractivity contribution in [1.82, 2.24) is 9.97 Å². The van der Waals surface area contributed by atoms with E-state index in [1.165, 1.54) is 5.56 Å². The van der Waals surface area contributed by atoms with Gasteiger partial charge in [-0.15, -0.1) is 0 Å². The Morgan fingerprint density at radius 1 is 1.10 bits per heavy atom. The van der Waals surface area contributed by atoms with E-state index in [1.807, 2.05) is 6.07 Å². The number of hydrogen-bond acceptors (Lipinski definition) is 4. The van der Waals surface area contributed by atoms with Gasteiger partial charge in [0.1, 0.15) is 17.5 Å². The van der Waals surface area contributed by atoms with E-state index in [9.17, 15) is 0 Å². The number of benzene rings is 1. The van der Waals surface area contributed by atoms with Crippen molar-refractivity contribution in [3.05, 3.63) is 46.2 Å². The van der Waals surface area contributed by atoms with Crippen LogP contribution in [0, 0.1) is 0 Å². The molecule has 0 fully saturated rings. The van der Waals surface area contributed by atoms with Gasteiger partial charge in [-0.3, -0.25) is 0 Å².